The minimum atomic E-state index is -3.74. The van der Waals surface area contributed by atoms with Gasteiger partial charge in [0, 0.05) is 17.0 Å². The molecule has 0 fully saturated rings. The standard InChI is InChI=1S/C17H12Cl3NO2S/c18-13-8-7-11(9-15(13)20)10-21-24(22,23)16-6-2-4-12-3-1-5-14(19)17(12)16/h1-9,21H,10H2. The van der Waals surface area contributed by atoms with Gasteiger partial charge in [-0.2, -0.15) is 0 Å². The zero-order valence-electron chi connectivity index (χ0n) is 12.3. The number of sulfonamides is 1. The zero-order valence-corrected chi connectivity index (χ0v) is 15.3. The lowest BCUT2D eigenvalue weighted by Gasteiger charge is -2.11. The Kier molecular flexibility index (Phi) is 5.04. The number of hydrogen-bond donors (Lipinski definition) is 1. The molecule has 3 rings (SSSR count). The molecule has 1 N–H and O–H groups in total. The van der Waals surface area contributed by atoms with Gasteiger partial charge in [0.2, 0.25) is 10.0 Å². The van der Waals surface area contributed by atoms with Crippen LogP contribution in [0.1, 0.15) is 5.56 Å². The third-order valence-corrected chi connectivity index (χ3v) is 6.05. The van der Waals surface area contributed by atoms with Gasteiger partial charge in [-0.15, -0.1) is 0 Å². The highest BCUT2D eigenvalue weighted by Crippen LogP contribution is 2.30. The molecule has 0 aromatic heterocycles. The smallest absolute Gasteiger partial charge is 0.207 e. The molecule has 3 aromatic rings. The Hall–Kier alpha value is -1.30. The maximum atomic E-state index is 12.7. The number of rotatable bonds is 4. The fourth-order valence-corrected chi connectivity index (χ4v) is 4.32. The van der Waals surface area contributed by atoms with Gasteiger partial charge >= 0.3 is 0 Å². The Bertz CT molecular complexity index is 1010. The van der Waals surface area contributed by atoms with Crippen LogP contribution in [0.15, 0.2) is 59.5 Å². The third-order valence-electron chi connectivity index (χ3n) is 3.56. The highest BCUT2D eigenvalue weighted by molar-refractivity contribution is 7.89. The van der Waals surface area contributed by atoms with Crippen LogP contribution in [0.3, 0.4) is 0 Å². The monoisotopic (exact) mass is 399 g/mol. The topological polar surface area (TPSA) is 46.2 Å². The van der Waals surface area contributed by atoms with Crippen LogP contribution in [0.4, 0.5) is 0 Å². The van der Waals surface area contributed by atoms with E-state index in [1.807, 2.05) is 12.1 Å². The molecule has 124 valence electrons. The molecule has 0 radical (unpaired) electrons. The van der Waals surface area contributed by atoms with Crippen LogP contribution in [0, 0.1) is 0 Å². The van der Waals surface area contributed by atoms with Gasteiger partial charge in [-0.1, -0.05) is 65.1 Å². The molecule has 0 atom stereocenters. The lowest BCUT2D eigenvalue weighted by molar-refractivity contribution is 0.582. The number of benzene rings is 3. The number of halogens is 3. The molecule has 24 heavy (non-hydrogen) atoms. The van der Waals surface area contributed by atoms with E-state index in [-0.39, 0.29) is 11.4 Å². The molecule has 0 heterocycles. The molecule has 7 heteroatoms. The molecule has 0 unspecified atom stereocenters. The van der Waals surface area contributed by atoms with E-state index in [9.17, 15) is 8.42 Å². The largest absolute Gasteiger partial charge is 0.241 e. The molecule has 0 saturated heterocycles. The predicted octanol–water partition coefficient (Wildman–Crippen LogP) is 5.28. The fraction of sp³-hybridized carbons (Fsp3) is 0.0588. The van der Waals surface area contributed by atoms with Crippen molar-refractivity contribution in [1.82, 2.24) is 4.72 Å². The first kappa shape index (κ1) is 17.5. The Labute approximate surface area is 155 Å². The zero-order chi connectivity index (χ0) is 17.3. The van der Waals surface area contributed by atoms with E-state index in [2.05, 4.69) is 4.72 Å². The number of nitrogens with one attached hydrogen (secondary N) is 1. The van der Waals surface area contributed by atoms with Gasteiger partial charge in [-0.25, -0.2) is 13.1 Å². The number of fused-ring (bicyclic) bond motifs is 1. The molecule has 0 saturated carbocycles. The lowest BCUT2D eigenvalue weighted by Crippen LogP contribution is -2.23. The van der Waals surface area contributed by atoms with Gasteiger partial charge < -0.3 is 0 Å². The highest BCUT2D eigenvalue weighted by Gasteiger charge is 2.18. The fourth-order valence-electron chi connectivity index (χ4n) is 2.39. The van der Waals surface area contributed by atoms with Crippen LogP contribution in [-0.2, 0) is 16.6 Å². The van der Waals surface area contributed by atoms with E-state index >= 15 is 0 Å². The van der Waals surface area contributed by atoms with Crippen molar-refractivity contribution in [2.75, 3.05) is 0 Å². The molecule has 3 aromatic carbocycles. The van der Waals surface area contributed by atoms with Gasteiger partial charge in [-0.3, -0.25) is 0 Å². The summed E-state index contributed by atoms with van der Waals surface area (Å²) in [6.07, 6.45) is 0. The average Bonchev–Trinajstić information content (AvgIpc) is 2.56. The second kappa shape index (κ2) is 6.90. The molecular weight excluding hydrogens is 389 g/mol. The molecule has 0 amide bonds. The second-order valence-electron chi connectivity index (χ2n) is 5.17. The molecule has 0 bridgehead atoms. The van der Waals surface area contributed by atoms with Gasteiger partial charge in [0.1, 0.15) is 0 Å². The second-order valence-corrected chi connectivity index (χ2v) is 8.12. The summed E-state index contributed by atoms with van der Waals surface area (Å²) in [5.74, 6) is 0. The summed E-state index contributed by atoms with van der Waals surface area (Å²) in [7, 11) is -3.74. The Balaban J connectivity index is 1.95. The van der Waals surface area contributed by atoms with Gasteiger partial charge in [0.25, 0.3) is 0 Å². The van der Waals surface area contributed by atoms with E-state index < -0.39 is 10.0 Å². The highest BCUT2D eigenvalue weighted by atomic mass is 35.5. The van der Waals surface area contributed by atoms with E-state index in [4.69, 9.17) is 34.8 Å². The summed E-state index contributed by atoms with van der Waals surface area (Å²) in [6.45, 7) is 0.0973. The van der Waals surface area contributed by atoms with Crippen molar-refractivity contribution in [3.05, 3.63) is 75.2 Å². The normalized spacial score (nSPS) is 11.8. The first-order valence-corrected chi connectivity index (χ1v) is 9.61. The van der Waals surface area contributed by atoms with Crippen molar-refractivity contribution in [2.45, 2.75) is 11.4 Å². The van der Waals surface area contributed by atoms with Crippen molar-refractivity contribution in [3.63, 3.8) is 0 Å². The molecule has 0 aliphatic carbocycles. The van der Waals surface area contributed by atoms with Gasteiger partial charge in [0.05, 0.1) is 14.9 Å². The first-order chi connectivity index (χ1) is 11.4. The third kappa shape index (κ3) is 3.53. The molecule has 3 nitrogen and oxygen atoms in total. The molecule has 0 spiro atoms. The van der Waals surface area contributed by atoms with E-state index in [0.717, 1.165) is 5.39 Å². The summed E-state index contributed by atoms with van der Waals surface area (Å²) < 4.78 is 28.0. The SMILES string of the molecule is O=S(=O)(NCc1ccc(Cl)c(Cl)c1)c1cccc2cccc(Cl)c12. The van der Waals surface area contributed by atoms with Crippen molar-refractivity contribution < 1.29 is 8.42 Å². The van der Waals surface area contributed by atoms with Crippen LogP contribution in [0.5, 0.6) is 0 Å². The average molecular weight is 401 g/mol. The minimum absolute atomic E-state index is 0.0973. The summed E-state index contributed by atoms with van der Waals surface area (Å²) >= 11 is 18.0. The van der Waals surface area contributed by atoms with Crippen molar-refractivity contribution in [2.24, 2.45) is 0 Å². The van der Waals surface area contributed by atoms with Gasteiger partial charge in [-0.05, 0) is 35.2 Å². The number of hydrogen-bond acceptors (Lipinski definition) is 2. The quantitative estimate of drug-likeness (QED) is 0.647. The first-order valence-electron chi connectivity index (χ1n) is 6.99. The van der Waals surface area contributed by atoms with Gasteiger partial charge in [0.15, 0.2) is 0 Å². The van der Waals surface area contributed by atoms with Crippen molar-refractivity contribution >= 4 is 55.6 Å². The van der Waals surface area contributed by atoms with Crippen LogP contribution in [0.25, 0.3) is 10.8 Å². The molecule has 0 aliphatic rings. The minimum Gasteiger partial charge on any atom is -0.207 e. The van der Waals surface area contributed by atoms with Crippen LogP contribution in [-0.4, -0.2) is 8.42 Å². The van der Waals surface area contributed by atoms with E-state index in [1.54, 1.807) is 36.4 Å². The van der Waals surface area contributed by atoms with E-state index in [0.29, 0.717) is 26.0 Å². The Morgan fingerprint density at radius 2 is 1.54 bits per heavy atom. The van der Waals surface area contributed by atoms with Crippen molar-refractivity contribution in [1.29, 1.82) is 0 Å². The summed E-state index contributed by atoms with van der Waals surface area (Å²) in [5.41, 5.74) is 0.708. The predicted molar refractivity (Wildman–Crippen MR) is 99.4 cm³/mol. The lowest BCUT2D eigenvalue weighted by atomic mass is 10.1. The summed E-state index contributed by atoms with van der Waals surface area (Å²) in [6, 6.07) is 15.3. The summed E-state index contributed by atoms with van der Waals surface area (Å²) in [4.78, 5) is 0.144. The molecule has 0 aliphatic heterocycles. The van der Waals surface area contributed by atoms with Crippen molar-refractivity contribution in [3.8, 4) is 0 Å². The van der Waals surface area contributed by atoms with Crippen LogP contribution >= 0.6 is 34.8 Å². The Morgan fingerprint density at radius 1 is 0.833 bits per heavy atom. The summed E-state index contributed by atoms with van der Waals surface area (Å²) in [5, 5.41) is 2.46. The molecular formula is C17H12Cl3NO2S. The van der Waals surface area contributed by atoms with E-state index in [1.165, 1.54) is 6.07 Å². The van der Waals surface area contributed by atoms with Crippen LogP contribution < -0.4 is 4.72 Å². The maximum Gasteiger partial charge on any atom is 0.241 e. The maximum absolute atomic E-state index is 12.7. The van der Waals surface area contributed by atoms with Crippen LogP contribution in [0.2, 0.25) is 15.1 Å². The Morgan fingerprint density at radius 3 is 2.25 bits per heavy atom.